The Kier molecular flexibility index (Phi) is 6.32. The average Bonchev–Trinajstić information content (AvgIpc) is 2.95. The van der Waals surface area contributed by atoms with Crippen LogP contribution in [0.2, 0.25) is 0 Å². The summed E-state index contributed by atoms with van der Waals surface area (Å²) in [6, 6.07) is 7.81. The van der Waals surface area contributed by atoms with E-state index in [1.807, 2.05) is 24.3 Å². The van der Waals surface area contributed by atoms with E-state index in [1.54, 1.807) is 18.5 Å². The summed E-state index contributed by atoms with van der Waals surface area (Å²) in [6.07, 6.45) is -0.275. The molecule has 0 spiro atoms. The quantitative estimate of drug-likeness (QED) is 0.734. The lowest BCUT2D eigenvalue weighted by atomic mass is 9.99. The molecule has 2 rings (SSSR count). The zero-order valence-electron chi connectivity index (χ0n) is 16.3. The third kappa shape index (κ3) is 4.91. The number of aliphatic carboxylic acids is 1. The molecule has 1 aromatic carbocycles. The van der Waals surface area contributed by atoms with Crippen molar-refractivity contribution in [3.63, 3.8) is 0 Å². The first kappa shape index (κ1) is 20.6. The van der Waals surface area contributed by atoms with Crippen LogP contribution in [0.1, 0.15) is 55.1 Å². The number of carboxylic acids is 1. The van der Waals surface area contributed by atoms with Crippen molar-refractivity contribution in [1.82, 2.24) is 20.1 Å². The van der Waals surface area contributed by atoms with Crippen molar-refractivity contribution in [2.24, 2.45) is 0 Å². The third-order valence-corrected chi connectivity index (χ3v) is 4.18. The monoisotopic (exact) mass is 374 g/mol. The molecule has 1 aromatic heterocycles. The lowest BCUT2D eigenvalue weighted by Crippen LogP contribution is -2.51. The highest BCUT2D eigenvalue weighted by atomic mass is 16.5. The van der Waals surface area contributed by atoms with Crippen molar-refractivity contribution in [1.29, 1.82) is 0 Å². The molecule has 1 amide bonds. The van der Waals surface area contributed by atoms with E-state index in [9.17, 15) is 9.59 Å². The maximum Gasteiger partial charge on any atom is 0.305 e. The molecule has 0 saturated heterocycles. The van der Waals surface area contributed by atoms with Crippen LogP contribution in [0, 0.1) is 6.92 Å². The van der Waals surface area contributed by atoms with Crippen LogP contribution in [-0.2, 0) is 9.53 Å². The van der Waals surface area contributed by atoms with Crippen molar-refractivity contribution in [2.75, 3.05) is 13.7 Å². The molecule has 1 heterocycles. The number of carbonyl (C=O) groups excluding carboxylic acids is 1. The zero-order valence-corrected chi connectivity index (χ0v) is 16.3. The Morgan fingerprint density at radius 2 is 2.00 bits per heavy atom. The summed E-state index contributed by atoms with van der Waals surface area (Å²) in [5.41, 5.74) is 0.890. The second kappa shape index (κ2) is 8.30. The third-order valence-electron chi connectivity index (χ3n) is 4.18. The van der Waals surface area contributed by atoms with Gasteiger partial charge in [0.2, 0.25) is 5.82 Å². The predicted octanol–water partition coefficient (Wildman–Crippen LogP) is 2.31. The first-order valence-electron chi connectivity index (χ1n) is 8.73. The van der Waals surface area contributed by atoms with Crippen LogP contribution in [-0.4, -0.2) is 51.0 Å². The van der Waals surface area contributed by atoms with Crippen molar-refractivity contribution >= 4 is 11.9 Å². The molecule has 2 aromatic rings. The number of hydrogen-bond donors (Lipinski definition) is 2. The van der Waals surface area contributed by atoms with Crippen LogP contribution in [0.3, 0.4) is 0 Å². The van der Waals surface area contributed by atoms with E-state index in [2.05, 4.69) is 29.2 Å². The second-order valence-electron chi connectivity index (χ2n) is 7.13. The number of nitrogens with one attached hydrogen (secondary N) is 1. The van der Waals surface area contributed by atoms with Crippen LogP contribution < -0.4 is 5.32 Å². The van der Waals surface area contributed by atoms with Gasteiger partial charge in [0, 0.05) is 7.11 Å². The Labute approximate surface area is 158 Å². The van der Waals surface area contributed by atoms with Crippen LogP contribution in [0.5, 0.6) is 0 Å². The number of para-hydroxylation sites is 1. The van der Waals surface area contributed by atoms with E-state index < -0.39 is 17.4 Å². The Morgan fingerprint density at radius 3 is 2.59 bits per heavy atom. The number of hydrogen-bond acceptors (Lipinski definition) is 5. The van der Waals surface area contributed by atoms with Gasteiger partial charge in [-0.2, -0.15) is 0 Å². The van der Waals surface area contributed by atoms with Gasteiger partial charge >= 0.3 is 5.97 Å². The van der Waals surface area contributed by atoms with Crippen LogP contribution in [0.25, 0.3) is 5.69 Å². The van der Waals surface area contributed by atoms with Gasteiger partial charge in [-0.1, -0.05) is 32.0 Å². The number of amides is 1. The molecule has 8 nitrogen and oxygen atoms in total. The smallest absolute Gasteiger partial charge is 0.305 e. The highest BCUT2D eigenvalue weighted by Gasteiger charge is 2.31. The molecule has 27 heavy (non-hydrogen) atoms. The van der Waals surface area contributed by atoms with Gasteiger partial charge < -0.3 is 15.2 Å². The summed E-state index contributed by atoms with van der Waals surface area (Å²) in [6.45, 7) is 7.61. The van der Waals surface area contributed by atoms with Gasteiger partial charge in [0.1, 0.15) is 5.82 Å². The normalized spacial score (nSPS) is 13.4. The number of benzene rings is 1. The molecule has 0 aliphatic heterocycles. The van der Waals surface area contributed by atoms with Crippen LogP contribution in [0.4, 0.5) is 0 Å². The lowest BCUT2D eigenvalue weighted by Gasteiger charge is -2.27. The highest BCUT2D eigenvalue weighted by molar-refractivity contribution is 5.91. The average molecular weight is 374 g/mol. The van der Waals surface area contributed by atoms with Gasteiger partial charge in [-0.05, 0) is 31.4 Å². The molecule has 2 N–H and O–H groups in total. The molecule has 8 heteroatoms. The Bertz CT molecular complexity index is 831. The summed E-state index contributed by atoms with van der Waals surface area (Å²) < 4.78 is 6.69. The van der Waals surface area contributed by atoms with E-state index in [1.165, 1.54) is 7.11 Å². The summed E-state index contributed by atoms with van der Waals surface area (Å²) >= 11 is 0. The highest BCUT2D eigenvalue weighted by Crippen LogP contribution is 2.23. The topological polar surface area (TPSA) is 106 Å². The summed E-state index contributed by atoms with van der Waals surface area (Å²) in [7, 11) is 1.45. The summed E-state index contributed by atoms with van der Waals surface area (Å²) in [5, 5.41) is 16.1. The summed E-state index contributed by atoms with van der Waals surface area (Å²) in [4.78, 5) is 28.0. The molecular weight excluding hydrogens is 348 g/mol. The Hall–Kier alpha value is -2.74. The number of rotatable bonds is 8. The number of aromatic nitrogens is 3. The van der Waals surface area contributed by atoms with E-state index in [-0.39, 0.29) is 24.8 Å². The van der Waals surface area contributed by atoms with Crippen LogP contribution >= 0.6 is 0 Å². The summed E-state index contributed by atoms with van der Waals surface area (Å²) in [5.74, 6) is -0.739. The molecule has 0 fully saturated rings. The van der Waals surface area contributed by atoms with Gasteiger partial charge in [-0.3, -0.25) is 9.59 Å². The number of methoxy groups -OCH3 is 1. The van der Waals surface area contributed by atoms with Gasteiger partial charge in [-0.25, -0.2) is 9.67 Å². The SMILES string of the molecule is COCC(C)(CC(=O)O)NC(=O)c1nc(C)n(-c2ccccc2C(C)C)n1. The first-order chi connectivity index (χ1) is 12.7. The first-order valence-corrected chi connectivity index (χ1v) is 8.73. The van der Waals surface area contributed by atoms with E-state index >= 15 is 0 Å². The van der Waals surface area contributed by atoms with Crippen molar-refractivity contribution in [2.45, 2.75) is 45.6 Å². The molecule has 146 valence electrons. The molecule has 0 radical (unpaired) electrons. The predicted molar refractivity (Wildman–Crippen MR) is 100 cm³/mol. The number of carbonyl (C=O) groups is 2. The molecule has 0 saturated carbocycles. The van der Waals surface area contributed by atoms with Crippen LogP contribution in [0.15, 0.2) is 24.3 Å². The molecule has 1 unspecified atom stereocenters. The minimum atomic E-state index is -1.06. The van der Waals surface area contributed by atoms with Gasteiger partial charge in [-0.15, -0.1) is 5.10 Å². The minimum Gasteiger partial charge on any atom is -0.481 e. The largest absolute Gasteiger partial charge is 0.481 e. The van der Waals surface area contributed by atoms with Crippen molar-refractivity contribution in [3.8, 4) is 5.69 Å². The molecule has 0 aliphatic carbocycles. The van der Waals surface area contributed by atoms with Gasteiger partial charge in [0.05, 0.1) is 24.3 Å². The van der Waals surface area contributed by atoms with E-state index in [4.69, 9.17) is 9.84 Å². The maximum absolute atomic E-state index is 12.6. The van der Waals surface area contributed by atoms with E-state index in [0.717, 1.165) is 11.3 Å². The fraction of sp³-hybridized carbons (Fsp3) is 0.474. The minimum absolute atomic E-state index is 0.0150. The molecule has 0 bridgehead atoms. The number of ether oxygens (including phenoxy) is 1. The Morgan fingerprint density at radius 1 is 1.33 bits per heavy atom. The molecule has 0 aliphatic rings. The number of nitrogens with zero attached hydrogens (tertiary/aromatic N) is 3. The van der Waals surface area contributed by atoms with E-state index in [0.29, 0.717) is 5.82 Å². The maximum atomic E-state index is 12.6. The fourth-order valence-corrected chi connectivity index (χ4v) is 3.00. The number of aryl methyl sites for hydroxylation is 1. The lowest BCUT2D eigenvalue weighted by molar-refractivity contribution is -0.139. The van der Waals surface area contributed by atoms with Crippen molar-refractivity contribution in [3.05, 3.63) is 41.5 Å². The molecular formula is C19H26N4O4. The fourth-order valence-electron chi connectivity index (χ4n) is 3.00. The number of carboxylic acid groups (broad SMARTS) is 1. The van der Waals surface area contributed by atoms with Gasteiger partial charge in [0.15, 0.2) is 0 Å². The second-order valence-corrected chi connectivity index (χ2v) is 7.13. The zero-order chi connectivity index (χ0) is 20.2. The molecule has 1 atom stereocenters. The van der Waals surface area contributed by atoms with Crippen molar-refractivity contribution < 1.29 is 19.4 Å². The Balaban J connectivity index is 2.33. The van der Waals surface area contributed by atoms with Gasteiger partial charge in [0.25, 0.3) is 5.91 Å². The standard InChI is InChI=1S/C19H26N4O4/c1-12(2)14-8-6-7-9-15(14)23-13(3)20-17(22-23)18(26)21-19(4,11-27-5)10-16(24)25/h6-9,12H,10-11H2,1-5H3,(H,21,26)(H,24,25).